The smallest absolute Gasteiger partial charge is 0.291 e. The summed E-state index contributed by atoms with van der Waals surface area (Å²) in [6.45, 7) is 3.05. The first kappa shape index (κ1) is 17.9. The number of ether oxygens (including phenoxy) is 1. The molecule has 10 heteroatoms. The molecule has 4 rings (SSSR count). The van der Waals surface area contributed by atoms with Crippen molar-refractivity contribution in [1.82, 2.24) is 24.4 Å². The fourth-order valence-corrected chi connectivity index (χ4v) is 5.63. The van der Waals surface area contributed by atoms with Gasteiger partial charge in [0.1, 0.15) is 23.1 Å². The molecule has 2 aliphatic heterocycles. The van der Waals surface area contributed by atoms with E-state index in [0.29, 0.717) is 38.2 Å². The maximum Gasteiger partial charge on any atom is 0.291 e. The lowest BCUT2D eigenvalue weighted by Crippen LogP contribution is -2.47. The van der Waals surface area contributed by atoms with Crippen LogP contribution in [0.3, 0.4) is 0 Å². The van der Waals surface area contributed by atoms with Gasteiger partial charge in [-0.2, -0.15) is 9.40 Å². The number of hydrogen-bond donors (Lipinski definition) is 1. The van der Waals surface area contributed by atoms with Crippen molar-refractivity contribution in [3.8, 4) is 5.75 Å². The van der Waals surface area contributed by atoms with Crippen LogP contribution in [0.5, 0.6) is 5.75 Å². The van der Waals surface area contributed by atoms with E-state index in [0.717, 1.165) is 0 Å². The van der Waals surface area contributed by atoms with Crippen molar-refractivity contribution < 1.29 is 17.9 Å². The van der Waals surface area contributed by atoms with Gasteiger partial charge in [0.2, 0.25) is 15.8 Å². The summed E-state index contributed by atoms with van der Waals surface area (Å²) >= 11 is 0. The monoisotopic (exact) mass is 391 g/mol. The summed E-state index contributed by atoms with van der Waals surface area (Å²) in [5.74, 6) is 0.317. The maximum absolute atomic E-state index is 13.2. The van der Waals surface area contributed by atoms with Gasteiger partial charge in [0.15, 0.2) is 0 Å². The van der Waals surface area contributed by atoms with Crippen molar-refractivity contribution in [2.45, 2.75) is 36.8 Å². The standard InChI is InChI=1S/C17H21N5O4S/c1-2-22-12-7-9-21(17(23)16-18-11-19-20-16)10-8-13(12)26-14-5-3-4-6-15(14)27(22,24)25/h3-6,11-13H,2,7-10H2,1H3,(H,18,19,20)/t12-,13-/m1/s1. The van der Waals surface area contributed by atoms with Gasteiger partial charge >= 0.3 is 0 Å². The Labute approximate surface area is 157 Å². The Morgan fingerprint density at radius 3 is 2.81 bits per heavy atom. The van der Waals surface area contributed by atoms with Gasteiger partial charge in [-0.15, -0.1) is 0 Å². The van der Waals surface area contributed by atoms with Gasteiger partial charge in [-0.25, -0.2) is 13.4 Å². The minimum absolute atomic E-state index is 0.184. The van der Waals surface area contributed by atoms with Gasteiger partial charge in [-0.1, -0.05) is 19.1 Å². The number of likely N-dealkylation sites (N-methyl/N-ethyl adjacent to an activating group) is 1. The number of benzene rings is 1. The highest BCUT2D eigenvalue weighted by molar-refractivity contribution is 7.89. The summed E-state index contributed by atoms with van der Waals surface area (Å²) in [7, 11) is -3.66. The molecule has 1 aromatic heterocycles. The predicted octanol–water partition coefficient (Wildman–Crippen LogP) is 0.881. The normalized spacial score (nSPS) is 24.9. The number of amides is 1. The molecule has 144 valence electrons. The van der Waals surface area contributed by atoms with E-state index >= 15 is 0 Å². The van der Waals surface area contributed by atoms with Crippen LogP contribution in [0.4, 0.5) is 0 Å². The Bertz CT molecular complexity index is 931. The first-order valence-corrected chi connectivity index (χ1v) is 10.4. The fourth-order valence-electron chi connectivity index (χ4n) is 3.82. The first-order chi connectivity index (χ1) is 13.0. The van der Waals surface area contributed by atoms with Gasteiger partial charge < -0.3 is 9.64 Å². The second kappa shape index (κ2) is 6.93. The molecule has 2 atom stereocenters. The zero-order valence-electron chi connectivity index (χ0n) is 14.9. The summed E-state index contributed by atoms with van der Waals surface area (Å²) < 4.78 is 34.0. The number of para-hydroxylation sites is 1. The molecule has 27 heavy (non-hydrogen) atoms. The van der Waals surface area contributed by atoms with Gasteiger partial charge in [-0.3, -0.25) is 9.89 Å². The van der Waals surface area contributed by atoms with E-state index in [9.17, 15) is 13.2 Å². The van der Waals surface area contributed by atoms with Crippen molar-refractivity contribution >= 4 is 15.9 Å². The molecule has 1 saturated heterocycles. The molecule has 1 fully saturated rings. The van der Waals surface area contributed by atoms with Crippen LogP contribution in [-0.4, -0.2) is 70.5 Å². The van der Waals surface area contributed by atoms with E-state index in [1.807, 2.05) is 6.92 Å². The summed E-state index contributed by atoms with van der Waals surface area (Å²) in [6, 6.07) is 6.40. The third kappa shape index (κ3) is 3.08. The van der Waals surface area contributed by atoms with E-state index in [1.165, 1.54) is 10.6 Å². The Morgan fingerprint density at radius 1 is 1.30 bits per heavy atom. The Hall–Kier alpha value is -2.46. The van der Waals surface area contributed by atoms with Crippen LogP contribution in [0, 0.1) is 0 Å². The molecular weight excluding hydrogens is 370 g/mol. The Balaban J connectivity index is 1.65. The number of nitrogens with zero attached hydrogens (tertiary/aromatic N) is 4. The van der Waals surface area contributed by atoms with Crippen molar-refractivity contribution in [3.63, 3.8) is 0 Å². The van der Waals surface area contributed by atoms with Crippen LogP contribution in [0.25, 0.3) is 0 Å². The van der Waals surface area contributed by atoms with Crippen molar-refractivity contribution in [2.75, 3.05) is 19.6 Å². The number of aromatic nitrogens is 3. The van der Waals surface area contributed by atoms with E-state index in [-0.39, 0.29) is 28.8 Å². The van der Waals surface area contributed by atoms with Crippen molar-refractivity contribution in [1.29, 1.82) is 0 Å². The zero-order chi connectivity index (χ0) is 19.0. The molecule has 2 aromatic rings. The van der Waals surface area contributed by atoms with Crippen LogP contribution < -0.4 is 4.74 Å². The summed E-state index contributed by atoms with van der Waals surface area (Å²) in [5.41, 5.74) is 0. The van der Waals surface area contributed by atoms with E-state index in [4.69, 9.17) is 4.74 Å². The molecule has 0 aliphatic carbocycles. The number of carbonyl (C=O) groups excluding carboxylic acids is 1. The predicted molar refractivity (Wildman–Crippen MR) is 95.7 cm³/mol. The van der Waals surface area contributed by atoms with Gasteiger partial charge in [0.25, 0.3) is 5.91 Å². The largest absolute Gasteiger partial charge is 0.487 e. The van der Waals surface area contributed by atoms with E-state index < -0.39 is 10.0 Å². The van der Waals surface area contributed by atoms with Crippen LogP contribution in [-0.2, 0) is 10.0 Å². The summed E-state index contributed by atoms with van der Waals surface area (Å²) in [5, 5.41) is 6.30. The number of H-pyrrole nitrogens is 1. The van der Waals surface area contributed by atoms with Crippen molar-refractivity contribution in [2.24, 2.45) is 0 Å². The third-order valence-corrected chi connectivity index (χ3v) is 7.15. The number of fused-ring (bicyclic) bond motifs is 2. The number of rotatable bonds is 2. The second-order valence-corrected chi connectivity index (χ2v) is 8.44. The summed E-state index contributed by atoms with van der Waals surface area (Å²) in [4.78, 5) is 18.4. The molecule has 3 heterocycles. The third-order valence-electron chi connectivity index (χ3n) is 5.11. The Kier molecular flexibility index (Phi) is 4.60. The molecule has 0 bridgehead atoms. The quantitative estimate of drug-likeness (QED) is 0.814. The van der Waals surface area contributed by atoms with Crippen LogP contribution >= 0.6 is 0 Å². The minimum Gasteiger partial charge on any atom is -0.487 e. The Morgan fingerprint density at radius 2 is 2.07 bits per heavy atom. The molecule has 2 aliphatic rings. The molecule has 0 radical (unpaired) electrons. The number of hydrogen-bond acceptors (Lipinski definition) is 6. The number of carbonyl (C=O) groups is 1. The molecule has 1 amide bonds. The number of aromatic amines is 1. The van der Waals surface area contributed by atoms with Gasteiger partial charge in [-0.05, 0) is 18.6 Å². The van der Waals surface area contributed by atoms with Gasteiger partial charge in [0.05, 0.1) is 6.04 Å². The average Bonchev–Trinajstić information content (AvgIpc) is 3.09. The molecule has 0 saturated carbocycles. The van der Waals surface area contributed by atoms with E-state index in [1.54, 1.807) is 29.2 Å². The minimum atomic E-state index is -3.66. The average molecular weight is 391 g/mol. The molecular formula is C17H21N5O4S. The molecule has 1 aromatic carbocycles. The molecule has 9 nitrogen and oxygen atoms in total. The first-order valence-electron chi connectivity index (χ1n) is 8.94. The van der Waals surface area contributed by atoms with Crippen molar-refractivity contribution in [3.05, 3.63) is 36.4 Å². The molecule has 0 unspecified atom stereocenters. The van der Waals surface area contributed by atoms with Crippen LogP contribution in [0.15, 0.2) is 35.5 Å². The molecule has 0 spiro atoms. The maximum atomic E-state index is 13.2. The second-order valence-electron chi connectivity index (χ2n) is 6.58. The highest BCUT2D eigenvalue weighted by Crippen LogP contribution is 2.36. The lowest BCUT2D eigenvalue weighted by atomic mass is 10.1. The van der Waals surface area contributed by atoms with Crippen LogP contribution in [0.1, 0.15) is 30.4 Å². The van der Waals surface area contributed by atoms with Crippen LogP contribution in [0.2, 0.25) is 0 Å². The number of likely N-dealkylation sites (tertiary alicyclic amines) is 1. The van der Waals surface area contributed by atoms with E-state index in [2.05, 4.69) is 15.2 Å². The van der Waals surface area contributed by atoms with Gasteiger partial charge in [0, 0.05) is 26.1 Å². The lowest BCUT2D eigenvalue weighted by Gasteiger charge is -2.30. The number of nitrogens with one attached hydrogen (secondary N) is 1. The fraction of sp³-hybridized carbons (Fsp3) is 0.471. The zero-order valence-corrected chi connectivity index (χ0v) is 15.7. The lowest BCUT2D eigenvalue weighted by molar-refractivity contribution is 0.0743. The highest BCUT2D eigenvalue weighted by atomic mass is 32.2. The summed E-state index contributed by atoms with van der Waals surface area (Å²) in [6.07, 6.45) is 1.99. The highest BCUT2D eigenvalue weighted by Gasteiger charge is 2.43. The number of sulfonamides is 1. The molecule has 1 N–H and O–H groups in total. The topological polar surface area (TPSA) is 108 Å². The SMILES string of the molecule is CCN1[C@@H]2CCN(C(=O)c3ncn[nH]3)CC[C@H]2Oc2ccccc2S1(=O)=O.